The van der Waals surface area contributed by atoms with E-state index in [4.69, 9.17) is 4.52 Å². The summed E-state index contributed by atoms with van der Waals surface area (Å²) in [4.78, 5) is 20.6. The topological polar surface area (TPSA) is 85.3 Å². The molecule has 1 amide bonds. The summed E-state index contributed by atoms with van der Waals surface area (Å²) < 4.78 is 6.68. The number of nitrogens with zero attached hydrogens (tertiary/aromatic N) is 4. The van der Waals surface area contributed by atoms with E-state index < -0.39 is 0 Å². The number of fused-ring (bicyclic) bond motifs is 1. The zero-order valence-electron chi connectivity index (χ0n) is 11.9. The number of carbonyl (C=O) groups is 1. The van der Waals surface area contributed by atoms with Gasteiger partial charge < -0.3 is 9.84 Å². The molecule has 0 aliphatic rings. The third kappa shape index (κ3) is 2.55. The Balaban J connectivity index is 1.64. The summed E-state index contributed by atoms with van der Waals surface area (Å²) in [6.45, 7) is 0. The number of rotatable bonds is 3. The molecule has 0 spiro atoms. The fraction of sp³-hybridized carbons (Fsp3) is 0. The number of aromatic nitrogens is 4. The van der Waals surface area contributed by atoms with Crippen molar-refractivity contribution in [1.29, 1.82) is 0 Å². The van der Waals surface area contributed by atoms with Crippen LogP contribution in [0.3, 0.4) is 0 Å². The molecule has 3 heterocycles. The molecule has 4 aromatic rings. The Hall–Kier alpha value is -3.48. The maximum absolute atomic E-state index is 12.0. The normalized spacial score (nSPS) is 10.8. The van der Waals surface area contributed by atoms with Crippen LogP contribution in [0.25, 0.3) is 17.0 Å². The third-order valence-corrected chi connectivity index (χ3v) is 3.31. The minimum absolute atomic E-state index is 0.160. The van der Waals surface area contributed by atoms with Crippen LogP contribution in [-0.2, 0) is 0 Å². The number of benzene rings is 1. The first-order chi connectivity index (χ1) is 11.3. The lowest BCUT2D eigenvalue weighted by atomic mass is 10.1. The van der Waals surface area contributed by atoms with E-state index in [1.807, 2.05) is 41.1 Å². The molecule has 1 aromatic carbocycles. The molecule has 7 nitrogen and oxygen atoms in total. The van der Waals surface area contributed by atoms with Crippen LogP contribution in [0.15, 0.2) is 65.7 Å². The Kier molecular flexibility index (Phi) is 3.09. The first-order valence-corrected chi connectivity index (χ1v) is 6.92. The second-order valence-electron chi connectivity index (χ2n) is 4.86. The number of nitrogens with one attached hydrogen (secondary N) is 1. The van der Waals surface area contributed by atoms with Crippen molar-refractivity contribution in [1.82, 2.24) is 19.5 Å². The van der Waals surface area contributed by atoms with E-state index in [1.165, 1.54) is 12.3 Å². The van der Waals surface area contributed by atoms with Crippen LogP contribution in [0, 0.1) is 0 Å². The molecule has 7 heteroatoms. The monoisotopic (exact) mass is 305 g/mol. The molecule has 4 rings (SSSR count). The average molecular weight is 305 g/mol. The Morgan fingerprint density at radius 3 is 2.96 bits per heavy atom. The van der Waals surface area contributed by atoms with Gasteiger partial charge in [0.05, 0.1) is 11.9 Å². The van der Waals surface area contributed by atoms with Gasteiger partial charge in [-0.15, -0.1) is 0 Å². The van der Waals surface area contributed by atoms with Crippen molar-refractivity contribution in [3.63, 3.8) is 0 Å². The molecular formula is C16H11N5O2. The Bertz CT molecular complexity index is 942. The van der Waals surface area contributed by atoms with E-state index in [-0.39, 0.29) is 11.7 Å². The lowest BCUT2D eigenvalue weighted by molar-refractivity contribution is 0.0988. The van der Waals surface area contributed by atoms with Gasteiger partial charge in [0.2, 0.25) is 11.5 Å². The predicted molar refractivity (Wildman–Crippen MR) is 82.9 cm³/mol. The molecule has 23 heavy (non-hydrogen) atoms. The standard InChI is InChI=1S/C16H11N5O2/c22-15(14-5-7-18-23-14)19-12-4-1-3-11(9-12)13-10-21-8-2-6-17-16(21)20-13/h1-10H,(H,19,22). The number of amides is 1. The second kappa shape index (κ2) is 5.38. The highest BCUT2D eigenvalue weighted by atomic mass is 16.5. The first kappa shape index (κ1) is 13.2. The Labute approximate surface area is 130 Å². The number of hydrogen-bond acceptors (Lipinski definition) is 5. The zero-order chi connectivity index (χ0) is 15.6. The smallest absolute Gasteiger partial charge is 0.294 e. The van der Waals surface area contributed by atoms with Crippen LogP contribution in [0.2, 0.25) is 0 Å². The number of imidazole rings is 1. The van der Waals surface area contributed by atoms with Gasteiger partial charge in [-0.2, -0.15) is 0 Å². The van der Waals surface area contributed by atoms with Crippen molar-refractivity contribution in [3.8, 4) is 11.3 Å². The van der Waals surface area contributed by atoms with Crippen molar-refractivity contribution in [2.75, 3.05) is 5.32 Å². The number of carbonyl (C=O) groups excluding carboxylic acids is 1. The van der Waals surface area contributed by atoms with Crippen LogP contribution in [0.5, 0.6) is 0 Å². The summed E-state index contributed by atoms with van der Waals surface area (Å²) in [5, 5.41) is 6.28. The molecule has 112 valence electrons. The van der Waals surface area contributed by atoms with Crippen LogP contribution >= 0.6 is 0 Å². The Morgan fingerprint density at radius 2 is 2.13 bits per heavy atom. The molecule has 0 fully saturated rings. The first-order valence-electron chi connectivity index (χ1n) is 6.92. The highest BCUT2D eigenvalue weighted by Gasteiger charge is 2.11. The Morgan fingerprint density at radius 1 is 1.17 bits per heavy atom. The second-order valence-corrected chi connectivity index (χ2v) is 4.86. The van der Waals surface area contributed by atoms with E-state index in [9.17, 15) is 4.79 Å². The summed E-state index contributed by atoms with van der Waals surface area (Å²) in [6.07, 6.45) is 6.89. The van der Waals surface area contributed by atoms with Gasteiger partial charge in [0, 0.05) is 35.9 Å². The van der Waals surface area contributed by atoms with Crippen molar-refractivity contribution >= 4 is 17.4 Å². The van der Waals surface area contributed by atoms with E-state index in [0.29, 0.717) is 11.5 Å². The van der Waals surface area contributed by atoms with Crippen LogP contribution < -0.4 is 5.32 Å². The molecule has 0 radical (unpaired) electrons. The minimum Gasteiger partial charge on any atom is -0.351 e. The van der Waals surface area contributed by atoms with E-state index in [1.54, 1.807) is 12.3 Å². The van der Waals surface area contributed by atoms with Gasteiger partial charge in [-0.05, 0) is 18.2 Å². The molecule has 0 unspecified atom stereocenters. The van der Waals surface area contributed by atoms with Gasteiger partial charge in [-0.3, -0.25) is 9.20 Å². The largest absolute Gasteiger partial charge is 0.351 e. The van der Waals surface area contributed by atoms with Gasteiger partial charge in [-0.1, -0.05) is 17.3 Å². The van der Waals surface area contributed by atoms with Crippen molar-refractivity contribution < 1.29 is 9.32 Å². The molecule has 3 aromatic heterocycles. The molecule has 0 aliphatic heterocycles. The van der Waals surface area contributed by atoms with Crippen molar-refractivity contribution in [3.05, 3.63) is 66.9 Å². The van der Waals surface area contributed by atoms with Gasteiger partial charge in [-0.25, -0.2) is 9.97 Å². The summed E-state index contributed by atoms with van der Waals surface area (Å²) in [5.41, 5.74) is 2.30. The van der Waals surface area contributed by atoms with Crippen molar-refractivity contribution in [2.45, 2.75) is 0 Å². The van der Waals surface area contributed by atoms with Crippen LogP contribution in [-0.4, -0.2) is 25.4 Å². The van der Waals surface area contributed by atoms with E-state index >= 15 is 0 Å². The maximum Gasteiger partial charge on any atom is 0.294 e. The molecule has 0 saturated heterocycles. The lowest BCUT2D eigenvalue weighted by Gasteiger charge is -2.04. The summed E-state index contributed by atoms with van der Waals surface area (Å²) in [7, 11) is 0. The molecule has 0 aliphatic carbocycles. The van der Waals surface area contributed by atoms with Gasteiger partial charge in [0.25, 0.3) is 5.91 Å². The lowest BCUT2D eigenvalue weighted by Crippen LogP contribution is -2.10. The van der Waals surface area contributed by atoms with Gasteiger partial charge >= 0.3 is 0 Å². The third-order valence-electron chi connectivity index (χ3n) is 3.31. The highest BCUT2D eigenvalue weighted by molar-refractivity contribution is 6.02. The quantitative estimate of drug-likeness (QED) is 0.629. The molecule has 0 atom stereocenters. The number of hydrogen-bond donors (Lipinski definition) is 1. The van der Waals surface area contributed by atoms with Crippen LogP contribution in [0.1, 0.15) is 10.6 Å². The summed E-state index contributed by atoms with van der Waals surface area (Å²) in [5.74, 6) is 0.433. The number of anilines is 1. The van der Waals surface area contributed by atoms with E-state index in [0.717, 1.165) is 11.3 Å². The van der Waals surface area contributed by atoms with Gasteiger partial charge in [0.15, 0.2) is 0 Å². The predicted octanol–water partition coefficient (Wildman–Crippen LogP) is 2.64. The molecule has 1 N–H and O–H groups in total. The van der Waals surface area contributed by atoms with Crippen molar-refractivity contribution in [2.24, 2.45) is 0 Å². The average Bonchev–Trinajstić information content (AvgIpc) is 3.24. The molecule has 0 bridgehead atoms. The zero-order valence-corrected chi connectivity index (χ0v) is 11.9. The fourth-order valence-electron chi connectivity index (χ4n) is 2.25. The highest BCUT2D eigenvalue weighted by Crippen LogP contribution is 2.22. The summed E-state index contributed by atoms with van der Waals surface area (Å²) in [6, 6.07) is 10.8. The van der Waals surface area contributed by atoms with Crippen LogP contribution in [0.4, 0.5) is 5.69 Å². The SMILES string of the molecule is O=C(Nc1cccc(-c2cn3cccnc3n2)c1)c1ccno1. The fourth-order valence-corrected chi connectivity index (χ4v) is 2.25. The summed E-state index contributed by atoms with van der Waals surface area (Å²) >= 11 is 0. The maximum atomic E-state index is 12.0. The molecular weight excluding hydrogens is 294 g/mol. The van der Waals surface area contributed by atoms with Gasteiger partial charge in [0.1, 0.15) is 0 Å². The molecule has 0 saturated carbocycles. The van der Waals surface area contributed by atoms with E-state index in [2.05, 4.69) is 20.4 Å². The minimum atomic E-state index is -0.351.